The van der Waals surface area contributed by atoms with Gasteiger partial charge in [0.05, 0.1) is 0 Å². The van der Waals surface area contributed by atoms with Crippen LogP contribution in [-0.2, 0) is 0 Å². The van der Waals surface area contributed by atoms with Crippen molar-refractivity contribution >= 4 is 0 Å². The van der Waals surface area contributed by atoms with E-state index < -0.39 is 0 Å². The minimum Gasteiger partial charge on any atom is -0.316 e. The van der Waals surface area contributed by atoms with Crippen LogP contribution in [0.15, 0.2) is 0 Å². The molecule has 96 valence electrons. The second kappa shape index (κ2) is 6.61. The Morgan fingerprint density at radius 1 is 1.00 bits per heavy atom. The van der Waals surface area contributed by atoms with Crippen molar-refractivity contribution < 1.29 is 0 Å². The third-order valence-corrected chi connectivity index (χ3v) is 3.93. The fraction of sp³-hybridized carbons (Fsp3) is 1.00. The highest BCUT2D eigenvalue weighted by Crippen LogP contribution is 2.51. The quantitative estimate of drug-likeness (QED) is 0.591. The lowest BCUT2D eigenvalue weighted by molar-refractivity contribution is 0.337. The van der Waals surface area contributed by atoms with Crippen molar-refractivity contribution in [2.75, 3.05) is 19.6 Å². The zero-order valence-electron chi connectivity index (χ0n) is 11.6. The van der Waals surface area contributed by atoms with Gasteiger partial charge in [0.15, 0.2) is 0 Å². The van der Waals surface area contributed by atoms with Gasteiger partial charge in [0.25, 0.3) is 0 Å². The van der Waals surface area contributed by atoms with Gasteiger partial charge in [-0.2, -0.15) is 0 Å². The van der Waals surface area contributed by atoms with Gasteiger partial charge < -0.3 is 10.6 Å². The molecule has 0 saturated heterocycles. The highest BCUT2D eigenvalue weighted by atomic mass is 14.9. The SMILES string of the molecule is CC(C)NCCCCNCC1(C(C)C)CC1. The van der Waals surface area contributed by atoms with Gasteiger partial charge in [-0.15, -0.1) is 0 Å². The molecular formula is C14H30N2. The minimum atomic E-state index is 0.628. The summed E-state index contributed by atoms with van der Waals surface area (Å²) in [5.74, 6) is 0.850. The van der Waals surface area contributed by atoms with Crippen molar-refractivity contribution in [3.8, 4) is 0 Å². The van der Waals surface area contributed by atoms with Crippen molar-refractivity contribution in [2.45, 2.75) is 59.4 Å². The van der Waals surface area contributed by atoms with E-state index in [1.807, 2.05) is 0 Å². The molecule has 16 heavy (non-hydrogen) atoms. The first-order chi connectivity index (χ1) is 7.57. The highest BCUT2D eigenvalue weighted by molar-refractivity contribution is 4.96. The molecule has 1 saturated carbocycles. The molecule has 2 N–H and O–H groups in total. The Kier molecular flexibility index (Phi) is 5.77. The van der Waals surface area contributed by atoms with Crippen LogP contribution in [0.3, 0.4) is 0 Å². The Hall–Kier alpha value is -0.0800. The number of hydrogen-bond donors (Lipinski definition) is 2. The van der Waals surface area contributed by atoms with Crippen LogP contribution < -0.4 is 10.6 Å². The standard InChI is InChI=1S/C14H30N2/c1-12(2)14(7-8-14)11-15-9-5-6-10-16-13(3)4/h12-13,15-16H,5-11H2,1-4H3. The van der Waals surface area contributed by atoms with E-state index in [4.69, 9.17) is 0 Å². The molecule has 1 rings (SSSR count). The maximum Gasteiger partial charge on any atom is 0.00103 e. The molecule has 0 heterocycles. The van der Waals surface area contributed by atoms with Crippen LogP contribution in [0.5, 0.6) is 0 Å². The number of unbranched alkanes of at least 4 members (excludes halogenated alkanes) is 1. The predicted molar refractivity (Wildman–Crippen MR) is 71.7 cm³/mol. The first kappa shape index (κ1) is 14.0. The number of rotatable bonds is 9. The van der Waals surface area contributed by atoms with Crippen LogP contribution in [0.25, 0.3) is 0 Å². The molecule has 2 nitrogen and oxygen atoms in total. The van der Waals surface area contributed by atoms with Gasteiger partial charge in [-0.05, 0) is 50.1 Å². The van der Waals surface area contributed by atoms with E-state index in [0.29, 0.717) is 11.5 Å². The Balaban J connectivity index is 1.89. The summed E-state index contributed by atoms with van der Waals surface area (Å²) in [5, 5.41) is 7.09. The van der Waals surface area contributed by atoms with Crippen molar-refractivity contribution in [2.24, 2.45) is 11.3 Å². The zero-order chi connectivity index (χ0) is 12.0. The maximum absolute atomic E-state index is 3.63. The van der Waals surface area contributed by atoms with E-state index in [2.05, 4.69) is 38.3 Å². The number of hydrogen-bond acceptors (Lipinski definition) is 2. The maximum atomic E-state index is 3.63. The lowest BCUT2D eigenvalue weighted by Gasteiger charge is -2.20. The van der Waals surface area contributed by atoms with Crippen LogP contribution in [0.2, 0.25) is 0 Å². The Morgan fingerprint density at radius 2 is 1.62 bits per heavy atom. The largest absolute Gasteiger partial charge is 0.316 e. The summed E-state index contributed by atoms with van der Waals surface area (Å²) in [5.41, 5.74) is 0.663. The van der Waals surface area contributed by atoms with E-state index >= 15 is 0 Å². The van der Waals surface area contributed by atoms with Crippen LogP contribution in [0.1, 0.15) is 53.4 Å². The van der Waals surface area contributed by atoms with Crippen molar-refractivity contribution in [3.63, 3.8) is 0 Å². The second-order valence-corrected chi connectivity index (χ2v) is 6.01. The average Bonchev–Trinajstić information content (AvgIpc) is 2.97. The van der Waals surface area contributed by atoms with Gasteiger partial charge in [0.1, 0.15) is 0 Å². The van der Waals surface area contributed by atoms with E-state index in [1.165, 1.54) is 38.8 Å². The molecule has 0 bridgehead atoms. The van der Waals surface area contributed by atoms with Crippen LogP contribution >= 0.6 is 0 Å². The Morgan fingerprint density at radius 3 is 2.12 bits per heavy atom. The molecule has 1 aliphatic rings. The molecular weight excluding hydrogens is 196 g/mol. The second-order valence-electron chi connectivity index (χ2n) is 6.01. The summed E-state index contributed by atoms with van der Waals surface area (Å²) in [4.78, 5) is 0. The summed E-state index contributed by atoms with van der Waals surface area (Å²) in [6.45, 7) is 12.7. The van der Waals surface area contributed by atoms with Gasteiger partial charge >= 0.3 is 0 Å². The van der Waals surface area contributed by atoms with E-state index in [-0.39, 0.29) is 0 Å². The molecule has 1 aliphatic carbocycles. The Bertz CT molecular complexity index is 183. The third-order valence-electron chi connectivity index (χ3n) is 3.93. The zero-order valence-corrected chi connectivity index (χ0v) is 11.6. The van der Waals surface area contributed by atoms with Crippen LogP contribution in [-0.4, -0.2) is 25.7 Å². The first-order valence-electron chi connectivity index (χ1n) is 7.01. The third kappa shape index (κ3) is 4.84. The summed E-state index contributed by atoms with van der Waals surface area (Å²) in [6.07, 6.45) is 5.47. The van der Waals surface area contributed by atoms with Crippen LogP contribution in [0, 0.1) is 11.3 Å². The molecule has 0 unspecified atom stereocenters. The van der Waals surface area contributed by atoms with Crippen LogP contribution in [0.4, 0.5) is 0 Å². The van der Waals surface area contributed by atoms with Gasteiger partial charge in [0.2, 0.25) is 0 Å². The van der Waals surface area contributed by atoms with E-state index in [0.717, 1.165) is 12.5 Å². The summed E-state index contributed by atoms with van der Waals surface area (Å²) in [6, 6.07) is 0.628. The monoisotopic (exact) mass is 226 g/mol. The van der Waals surface area contributed by atoms with Gasteiger partial charge in [0, 0.05) is 12.6 Å². The molecule has 2 heteroatoms. The van der Waals surface area contributed by atoms with Gasteiger partial charge in [-0.25, -0.2) is 0 Å². The lowest BCUT2D eigenvalue weighted by Crippen LogP contribution is -2.29. The van der Waals surface area contributed by atoms with Crippen molar-refractivity contribution in [1.82, 2.24) is 10.6 Å². The molecule has 0 radical (unpaired) electrons. The van der Waals surface area contributed by atoms with E-state index in [9.17, 15) is 0 Å². The number of nitrogens with one attached hydrogen (secondary N) is 2. The first-order valence-corrected chi connectivity index (χ1v) is 7.01. The lowest BCUT2D eigenvalue weighted by atomic mass is 9.92. The molecule has 0 aromatic carbocycles. The molecule has 0 atom stereocenters. The fourth-order valence-corrected chi connectivity index (χ4v) is 2.22. The average molecular weight is 226 g/mol. The summed E-state index contributed by atoms with van der Waals surface area (Å²) in [7, 11) is 0. The molecule has 0 amide bonds. The molecule has 0 spiro atoms. The topological polar surface area (TPSA) is 24.1 Å². The molecule has 0 aliphatic heterocycles. The summed E-state index contributed by atoms with van der Waals surface area (Å²) < 4.78 is 0. The van der Waals surface area contributed by atoms with E-state index in [1.54, 1.807) is 0 Å². The van der Waals surface area contributed by atoms with Gasteiger partial charge in [-0.1, -0.05) is 27.7 Å². The smallest absolute Gasteiger partial charge is 0.00103 e. The molecule has 0 aromatic heterocycles. The normalized spacial score (nSPS) is 18.4. The Labute approximate surface area is 102 Å². The molecule has 1 fully saturated rings. The van der Waals surface area contributed by atoms with Crippen molar-refractivity contribution in [1.29, 1.82) is 0 Å². The van der Waals surface area contributed by atoms with Crippen molar-refractivity contribution in [3.05, 3.63) is 0 Å². The minimum absolute atomic E-state index is 0.628. The molecule has 0 aromatic rings. The fourth-order valence-electron chi connectivity index (χ4n) is 2.22. The van der Waals surface area contributed by atoms with Gasteiger partial charge in [-0.3, -0.25) is 0 Å². The summed E-state index contributed by atoms with van der Waals surface area (Å²) >= 11 is 0. The highest BCUT2D eigenvalue weighted by Gasteiger charge is 2.44. The predicted octanol–water partition coefficient (Wildman–Crippen LogP) is 2.79.